The van der Waals surface area contributed by atoms with Crippen LogP contribution in [-0.4, -0.2) is 29.0 Å². The lowest BCUT2D eigenvalue weighted by molar-refractivity contribution is -0.147. The molecule has 0 radical (unpaired) electrons. The Labute approximate surface area is 112 Å². The number of benzene rings is 1. The van der Waals surface area contributed by atoms with Gasteiger partial charge in [0.2, 0.25) is 11.8 Å². The lowest BCUT2D eigenvalue weighted by atomic mass is 10.0. The predicted molar refractivity (Wildman–Crippen MR) is 70.8 cm³/mol. The van der Waals surface area contributed by atoms with E-state index in [0.29, 0.717) is 24.8 Å². The molecule has 2 amide bonds. The monoisotopic (exact) mass is 259 g/mol. The number of hydrogen-bond acceptors (Lipinski definition) is 3. The highest BCUT2D eigenvalue weighted by Crippen LogP contribution is 2.15. The van der Waals surface area contributed by atoms with Crippen LogP contribution >= 0.6 is 0 Å². The van der Waals surface area contributed by atoms with E-state index in [1.807, 2.05) is 19.9 Å². The Hall–Kier alpha value is -1.97. The molecule has 1 heterocycles. The number of rotatable bonds is 3. The first-order chi connectivity index (χ1) is 8.99. The van der Waals surface area contributed by atoms with E-state index >= 15 is 0 Å². The summed E-state index contributed by atoms with van der Waals surface area (Å²) in [4.78, 5) is 36.5. The van der Waals surface area contributed by atoms with Gasteiger partial charge in [-0.05, 0) is 37.5 Å². The molecule has 1 saturated heterocycles. The van der Waals surface area contributed by atoms with E-state index in [1.165, 1.54) is 0 Å². The molecular weight excluding hydrogens is 242 g/mol. The summed E-state index contributed by atoms with van der Waals surface area (Å²) < 4.78 is 0. The Morgan fingerprint density at radius 2 is 1.74 bits per heavy atom. The zero-order valence-electron chi connectivity index (χ0n) is 11.2. The molecule has 2 rings (SSSR count). The summed E-state index contributed by atoms with van der Waals surface area (Å²) in [6, 6.07) is 5.42. The molecule has 19 heavy (non-hydrogen) atoms. The van der Waals surface area contributed by atoms with Crippen molar-refractivity contribution in [2.75, 3.05) is 6.54 Å². The van der Waals surface area contributed by atoms with Gasteiger partial charge in [-0.2, -0.15) is 0 Å². The molecule has 0 spiro atoms. The van der Waals surface area contributed by atoms with Crippen LogP contribution in [-0.2, 0) is 9.59 Å². The number of piperidine rings is 1. The maximum absolute atomic E-state index is 12.1. The van der Waals surface area contributed by atoms with Crippen LogP contribution in [0.15, 0.2) is 18.2 Å². The van der Waals surface area contributed by atoms with Crippen LogP contribution in [0.4, 0.5) is 0 Å². The fourth-order valence-electron chi connectivity index (χ4n) is 2.13. The summed E-state index contributed by atoms with van der Waals surface area (Å²) in [6.07, 6.45) is 1.30. The molecular formula is C15H17NO3. The minimum absolute atomic E-state index is 0.139. The minimum atomic E-state index is -0.242. The van der Waals surface area contributed by atoms with Crippen LogP contribution < -0.4 is 0 Å². The van der Waals surface area contributed by atoms with Gasteiger partial charge in [0.05, 0.1) is 6.54 Å². The van der Waals surface area contributed by atoms with Gasteiger partial charge in [-0.3, -0.25) is 19.3 Å². The summed E-state index contributed by atoms with van der Waals surface area (Å²) in [7, 11) is 0. The van der Waals surface area contributed by atoms with Gasteiger partial charge in [0.25, 0.3) is 0 Å². The van der Waals surface area contributed by atoms with Crippen LogP contribution in [0.25, 0.3) is 0 Å². The predicted octanol–water partition coefficient (Wildman–Crippen LogP) is 2.03. The second-order valence-electron chi connectivity index (χ2n) is 4.95. The summed E-state index contributed by atoms with van der Waals surface area (Å²) in [6.45, 7) is 3.77. The van der Waals surface area contributed by atoms with E-state index in [4.69, 9.17) is 0 Å². The SMILES string of the molecule is Cc1ccc(C(=O)CN2C(=O)CCCC2=O)cc1C. The molecule has 0 aromatic heterocycles. The number of likely N-dealkylation sites (tertiary alicyclic amines) is 1. The van der Waals surface area contributed by atoms with Crippen molar-refractivity contribution >= 4 is 17.6 Å². The molecule has 0 unspecified atom stereocenters. The standard InChI is InChI=1S/C15H17NO3/c1-10-6-7-12(8-11(10)2)13(17)9-16-14(18)4-3-5-15(16)19/h6-8H,3-5,9H2,1-2H3. The quantitative estimate of drug-likeness (QED) is 0.616. The van der Waals surface area contributed by atoms with Crippen LogP contribution in [0.3, 0.4) is 0 Å². The van der Waals surface area contributed by atoms with Crippen molar-refractivity contribution in [2.45, 2.75) is 33.1 Å². The number of imide groups is 1. The first kappa shape index (κ1) is 13.5. The van der Waals surface area contributed by atoms with Gasteiger partial charge < -0.3 is 0 Å². The molecule has 1 aliphatic rings. The fourth-order valence-corrected chi connectivity index (χ4v) is 2.13. The highest BCUT2D eigenvalue weighted by molar-refractivity contribution is 6.05. The van der Waals surface area contributed by atoms with E-state index in [1.54, 1.807) is 12.1 Å². The lowest BCUT2D eigenvalue weighted by Gasteiger charge is -2.24. The fraction of sp³-hybridized carbons (Fsp3) is 0.400. The second kappa shape index (κ2) is 5.34. The normalized spacial score (nSPS) is 15.8. The summed E-state index contributed by atoms with van der Waals surface area (Å²) in [5.74, 6) is -0.673. The third-order valence-corrected chi connectivity index (χ3v) is 3.51. The first-order valence-corrected chi connectivity index (χ1v) is 6.42. The number of amides is 2. The molecule has 100 valence electrons. The van der Waals surface area contributed by atoms with Gasteiger partial charge in [-0.1, -0.05) is 12.1 Å². The number of nitrogens with zero attached hydrogens (tertiary/aromatic N) is 1. The maximum atomic E-state index is 12.1. The molecule has 0 N–H and O–H groups in total. The van der Waals surface area contributed by atoms with Gasteiger partial charge in [0.1, 0.15) is 0 Å². The average molecular weight is 259 g/mol. The summed E-state index contributed by atoms with van der Waals surface area (Å²) >= 11 is 0. The van der Waals surface area contributed by atoms with E-state index in [2.05, 4.69) is 0 Å². The van der Waals surface area contributed by atoms with Gasteiger partial charge in [0, 0.05) is 18.4 Å². The molecule has 4 heteroatoms. The van der Waals surface area contributed by atoms with Crippen molar-refractivity contribution in [3.05, 3.63) is 34.9 Å². The topological polar surface area (TPSA) is 54.5 Å². The molecule has 1 aromatic carbocycles. The van der Waals surface area contributed by atoms with Crippen molar-refractivity contribution in [1.82, 2.24) is 4.90 Å². The Morgan fingerprint density at radius 3 is 2.32 bits per heavy atom. The third kappa shape index (κ3) is 2.89. The number of ketones is 1. The van der Waals surface area contributed by atoms with Gasteiger partial charge >= 0.3 is 0 Å². The Bertz CT molecular complexity index is 532. The minimum Gasteiger partial charge on any atom is -0.292 e. The largest absolute Gasteiger partial charge is 0.292 e. The Morgan fingerprint density at radius 1 is 1.11 bits per heavy atom. The number of hydrogen-bond donors (Lipinski definition) is 0. The number of carbonyl (C=O) groups excluding carboxylic acids is 3. The van der Waals surface area contributed by atoms with Crippen molar-refractivity contribution in [1.29, 1.82) is 0 Å². The van der Waals surface area contributed by atoms with E-state index < -0.39 is 0 Å². The molecule has 1 fully saturated rings. The smallest absolute Gasteiger partial charge is 0.229 e. The van der Waals surface area contributed by atoms with Crippen LogP contribution in [0, 0.1) is 13.8 Å². The van der Waals surface area contributed by atoms with Gasteiger partial charge in [-0.15, -0.1) is 0 Å². The third-order valence-electron chi connectivity index (χ3n) is 3.51. The molecule has 4 nitrogen and oxygen atoms in total. The van der Waals surface area contributed by atoms with Crippen LogP contribution in [0.2, 0.25) is 0 Å². The molecule has 0 saturated carbocycles. The average Bonchev–Trinajstić information content (AvgIpc) is 2.37. The molecule has 0 aliphatic carbocycles. The first-order valence-electron chi connectivity index (χ1n) is 6.42. The summed E-state index contributed by atoms with van der Waals surface area (Å²) in [5.41, 5.74) is 2.69. The zero-order valence-corrected chi connectivity index (χ0v) is 11.2. The Balaban J connectivity index is 2.14. The van der Waals surface area contributed by atoms with E-state index in [0.717, 1.165) is 16.0 Å². The molecule has 1 aliphatic heterocycles. The van der Waals surface area contributed by atoms with Gasteiger partial charge in [-0.25, -0.2) is 0 Å². The highest BCUT2D eigenvalue weighted by Gasteiger charge is 2.27. The Kier molecular flexibility index (Phi) is 3.79. The van der Waals surface area contributed by atoms with E-state index in [-0.39, 0.29) is 24.1 Å². The molecule has 0 bridgehead atoms. The van der Waals surface area contributed by atoms with E-state index in [9.17, 15) is 14.4 Å². The van der Waals surface area contributed by atoms with Crippen molar-refractivity contribution in [3.63, 3.8) is 0 Å². The zero-order chi connectivity index (χ0) is 14.0. The van der Waals surface area contributed by atoms with Gasteiger partial charge in [0.15, 0.2) is 5.78 Å². The lowest BCUT2D eigenvalue weighted by Crippen LogP contribution is -2.43. The molecule has 0 atom stereocenters. The number of carbonyl (C=O) groups is 3. The van der Waals surface area contributed by atoms with Crippen molar-refractivity contribution < 1.29 is 14.4 Å². The summed E-state index contributed by atoms with van der Waals surface area (Å²) in [5, 5.41) is 0. The van der Waals surface area contributed by atoms with Crippen LogP contribution in [0.1, 0.15) is 40.7 Å². The number of Topliss-reactive ketones (excluding diaryl/α,β-unsaturated/α-hetero) is 1. The molecule has 1 aromatic rings. The van der Waals surface area contributed by atoms with Crippen molar-refractivity contribution in [2.24, 2.45) is 0 Å². The van der Waals surface area contributed by atoms with Crippen LogP contribution in [0.5, 0.6) is 0 Å². The van der Waals surface area contributed by atoms with Crippen molar-refractivity contribution in [3.8, 4) is 0 Å². The highest BCUT2D eigenvalue weighted by atomic mass is 16.2. The number of aryl methyl sites for hydroxylation is 2. The maximum Gasteiger partial charge on any atom is 0.229 e. The second-order valence-corrected chi connectivity index (χ2v) is 4.95.